The van der Waals surface area contributed by atoms with E-state index < -0.39 is 23.2 Å². The number of benzene rings is 1. The molecule has 1 heterocycles. The van der Waals surface area contributed by atoms with E-state index in [4.69, 9.17) is 0 Å². The number of aliphatic hydroxyl groups is 1. The Morgan fingerprint density at radius 3 is 2.46 bits per heavy atom. The largest absolute Gasteiger partial charge is 0.416 e. The van der Waals surface area contributed by atoms with Crippen LogP contribution in [0.2, 0.25) is 0 Å². The zero-order valence-electron chi connectivity index (χ0n) is 15.3. The Balaban J connectivity index is 1.93. The van der Waals surface area contributed by atoms with Crippen LogP contribution in [0.3, 0.4) is 0 Å². The minimum absolute atomic E-state index is 0.0489. The molecule has 0 bridgehead atoms. The molecule has 2 aromatic rings. The van der Waals surface area contributed by atoms with Crippen LogP contribution in [0.25, 0.3) is 5.69 Å². The van der Waals surface area contributed by atoms with Crippen LogP contribution in [0, 0.1) is 6.92 Å². The molecule has 28 heavy (non-hydrogen) atoms. The summed E-state index contributed by atoms with van der Waals surface area (Å²) in [7, 11) is 0. The number of amides is 1. The molecule has 0 spiro atoms. The van der Waals surface area contributed by atoms with Gasteiger partial charge in [-0.15, -0.1) is 0 Å². The van der Waals surface area contributed by atoms with E-state index in [1.165, 1.54) is 24.3 Å². The van der Waals surface area contributed by atoms with E-state index in [-0.39, 0.29) is 23.4 Å². The third-order valence-electron chi connectivity index (χ3n) is 4.99. The number of pyridine rings is 1. The summed E-state index contributed by atoms with van der Waals surface area (Å²) in [4.78, 5) is 25.4. The summed E-state index contributed by atoms with van der Waals surface area (Å²) in [5.74, 6) is -0.563. The first-order valence-electron chi connectivity index (χ1n) is 9.06. The summed E-state index contributed by atoms with van der Waals surface area (Å²) in [6, 6.07) is 7.21. The molecule has 1 aromatic carbocycles. The minimum Gasteiger partial charge on any atom is -0.393 e. The summed E-state index contributed by atoms with van der Waals surface area (Å²) in [6.45, 7) is 1.59. The van der Waals surface area contributed by atoms with Crippen molar-refractivity contribution in [3.05, 3.63) is 63.6 Å². The molecule has 1 aliphatic carbocycles. The molecule has 0 aliphatic heterocycles. The van der Waals surface area contributed by atoms with Gasteiger partial charge >= 0.3 is 6.18 Å². The number of carbonyl (C=O) groups is 1. The molecule has 0 unspecified atom stereocenters. The van der Waals surface area contributed by atoms with Gasteiger partial charge in [-0.1, -0.05) is 6.07 Å². The third-order valence-corrected chi connectivity index (χ3v) is 4.99. The lowest BCUT2D eigenvalue weighted by Gasteiger charge is -2.26. The smallest absolute Gasteiger partial charge is 0.393 e. The monoisotopic (exact) mass is 394 g/mol. The number of alkyl halides is 3. The molecular weight excluding hydrogens is 373 g/mol. The maximum absolute atomic E-state index is 13.0. The normalized spacial score (nSPS) is 20.0. The summed E-state index contributed by atoms with van der Waals surface area (Å²) in [5.41, 5.74) is -1.21. The van der Waals surface area contributed by atoms with E-state index in [9.17, 15) is 27.9 Å². The standard InChI is InChI=1S/C20H21F3N2O3/c1-12-5-10-17(18(27)24-14-6-8-16(26)9-7-14)19(28)25(12)15-4-2-3-13(11-15)20(21,22)23/h2-5,10-11,14,16,26H,6-9H2,1H3,(H,24,27). The van der Waals surface area contributed by atoms with Crippen molar-refractivity contribution in [2.24, 2.45) is 0 Å². The van der Waals surface area contributed by atoms with Gasteiger partial charge in [0.1, 0.15) is 5.56 Å². The highest BCUT2D eigenvalue weighted by Gasteiger charge is 2.31. The summed E-state index contributed by atoms with van der Waals surface area (Å²) >= 11 is 0. The summed E-state index contributed by atoms with van der Waals surface area (Å²) in [5, 5.41) is 12.3. The van der Waals surface area contributed by atoms with Gasteiger partial charge in [0.25, 0.3) is 11.5 Å². The molecular formula is C20H21F3N2O3. The Bertz CT molecular complexity index is 929. The Labute approximate surface area is 159 Å². The summed E-state index contributed by atoms with van der Waals surface area (Å²) < 4.78 is 40.1. The highest BCUT2D eigenvalue weighted by molar-refractivity contribution is 5.94. The first-order valence-corrected chi connectivity index (χ1v) is 9.06. The van der Waals surface area contributed by atoms with Crippen molar-refractivity contribution in [3.63, 3.8) is 0 Å². The van der Waals surface area contributed by atoms with Gasteiger partial charge in [-0.3, -0.25) is 14.2 Å². The number of aliphatic hydroxyl groups excluding tert-OH is 1. The molecule has 0 atom stereocenters. The highest BCUT2D eigenvalue weighted by atomic mass is 19.4. The highest BCUT2D eigenvalue weighted by Crippen LogP contribution is 2.30. The maximum atomic E-state index is 13.0. The van der Waals surface area contributed by atoms with Gasteiger partial charge < -0.3 is 10.4 Å². The number of rotatable bonds is 3. The predicted molar refractivity (Wildman–Crippen MR) is 97.5 cm³/mol. The maximum Gasteiger partial charge on any atom is 0.416 e. The number of carbonyl (C=O) groups excluding carboxylic acids is 1. The van der Waals surface area contributed by atoms with Gasteiger partial charge in [-0.05, 0) is 62.9 Å². The van der Waals surface area contributed by atoms with Gasteiger partial charge in [-0.2, -0.15) is 13.2 Å². The van der Waals surface area contributed by atoms with Crippen LogP contribution < -0.4 is 10.9 Å². The van der Waals surface area contributed by atoms with Crippen LogP contribution >= 0.6 is 0 Å². The number of hydrogen-bond donors (Lipinski definition) is 2. The lowest BCUT2D eigenvalue weighted by molar-refractivity contribution is -0.137. The topological polar surface area (TPSA) is 71.3 Å². The van der Waals surface area contributed by atoms with E-state index in [0.29, 0.717) is 31.4 Å². The molecule has 1 aliphatic rings. The fraction of sp³-hybridized carbons (Fsp3) is 0.400. The molecule has 1 saturated carbocycles. The lowest BCUT2D eigenvalue weighted by Crippen LogP contribution is -2.41. The summed E-state index contributed by atoms with van der Waals surface area (Å²) in [6.07, 6.45) is -2.53. The number of aromatic nitrogens is 1. The zero-order valence-corrected chi connectivity index (χ0v) is 15.3. The molecule has 2 N–H and O–H groups in total. The van der Waals surface area contributed by atoms with Gasteiger partial charge in [0.05, 0.1) is 11.7 Å². The second-order valence-electron chi connectivity index (χ2n) is 7.06. The van der Waals surface area contributed by atoms with Gasteiger partial charge in [-0.25, -0.2) is 0 Å². The van der Waals surface area contributed by atoms with Crippen LogP contribution in [0.4, 0.5) is 13.2 Å². The first-order chi connectivity index (χ1) is 13.2. The van der Waals surface area contributed by atoms with Crippen molar-refractivity contribution < 1.29 is 23.1 Å². The predicted octanol–water partition coefficient (Wildman–Crippen LogP) is 3.20. The van der Waals surface area contributed by atoms with Gasteiger partial charge in [0, 0.05) is 17.4 Å². The Morgan fingerprint density at radius 1 is 1.14 bits per heavy atom. The van der Waals surface area contributed by atoms with Crippen LogP contribution in [0.15, 0.2) is 41.2 Å². The van der Waals surface area contributed by atoms with Gasteiger partial charge in [0.2, 0.25) is 0 Å². The molecule has 8 heteroatoms. The van der Waals surface area contributed by atoms with Crippen molar-refractivity contribution in [1.29, 1.82) is 0 Å². The average molecular weight is 394 g/mol. The Kier molecular flexibility index (Phi) is 5.60. The van der Waals surface area contributed by atoms with Crippen LogP contribution in [0.1, 0.15) is 47.3 Å². The molecule has 0 radical (unpaired) electrons. The number of halogens is 3. The van der Waals surface area contributed by atoms with Crippen molar-refractivity contribution >= 4 is 5.91 Å². The molecule has 3 rings (SSSR count). The van der Waals surface area contributed by atoms with E-state index in [0.717, 1.165) is 16.7 Å². The Morgan fingerprint density at radius 2 is 1.82 bits per heavy atom. The fourth-order valence-corrected chi connectivity index (χ4v) is 3.43. The van der Waals surface area contributed by atoms with Crippen LogP contribution in [-0.4, -0.2) is 27.7 Å². The first kappa shape index (κ1) is 20.1. The molecule has 1 aromatic heterocycles. The van der Waals surface area contributed by atoms with E-state index in [2.05, 4.69) is 5.32 Å². The lowest BCUT2D eigenvalue weighted by atomic mass is 9.93. The van der Waals surface area contributed by atoms with Crippen molar-refractivity contribution in [2.75, 3.05) is 0 Å². The van der Waals surface area contributed by atoms with Crippen molar-refractivity contribution in [2.45, 2.75) is 50.9 Å². The Hall–Kier alpha value is -2.61. The number of hydrogen-bond acceptors (Lipinski definition) is 3. The van der Waals surface area contributed by atoms with Gasteiger partial charge in [0.15, 0.2) is 0 Å². The number of nitrogens with one attached hydrogen (secondary N) is 1. The SMILES string of the molecule is Cc1ccc(C(=O)NC2CCC(O)CC2)c(=O)n1-c1cccc(C(F)(F)F)c1. The van der Waals surface area contributed by atoms with Crippen LogP contribution in [0.5, 0.6) is 0 Å². The fourth-order valence-electron chi connectivity index (χ4n) is 3.43. The molecule has 5 nitrogen and oxygen atoms in total. The van der Waals surface area contributed by atoms with E-state index in [1.807, 2.05) is 0 Å². The molecule has 1 fully saturated rings. The number of aryl methyl sites for hydroxylation is 1. The van der Waals surface area contributed by atoms with Crippen molar-refractivity contribution in [1.82, 2.24) is 9.88 Å². The average Bonchev–Trinajstić information content (AvgIpc) is 2.63. The molecule has 150 valence electrons. The molecule has 0 saturated heterocycles. The second-order valence-corrected chi connectivity index (χ2v) is 7.06. The molecule has 1 amide bonds. The quantitative estimate of drug-likeness (QED) is 0.840. The van der Waals surface area contributed by atoms with Crippen molar-refractivity contribution in [3.8, 4) is 5.69 Å². The van der Waals surface area contributed by atoms with E-state index >= 15 is 0 Å². The number of nitrogens with zero attached hydrogens (tertiary/aromatic N) is 1. The minimum atomic E-state index is -4.53. The third kappa shape index (κ3) is 4.27. The van der Waals surface area contributed by atoms with Crippen LogP contribution in [-0.2, 0) is 6.18 Å². The second kappa shape index (κ2) is 7.79. The zero-order chi connectivity index (χ0) is 20.5. The van der Waals surface area contributed by atoms with E-state index in [1.54, 1.807) is 6.92 Å².